The van der Waals surface area contributed by atoms with Crippen molar-refractivity contribution in [2.24, 2.45) is 0 Å². The van der Waals surface area contributed by atoms with Crippen LogP contribution < -0.4 is 0 Å². The van der Waals surface area contributed by atoms with E-state index >= 15 is 0 Å². The summed E-state index contributed by atoms with van der Waals surface area (Å²) in [5, 5.41) is 9.24. The Balaban J connectivity index is 2.52. The number of carbonyl (C=O) groups excluding carboxylic acids is 1. The highest BCUT2D eigenvalue weighted by molar-refractivity contribution is 5.96. The van der Waals surface area contributed by atoms with Crippen LogP contribution in [0.15, 0.2) is 41.5 Å². The average Bonchev–Trinajstić information content (AvgIpc) is 2.67. The molecule has 0 fully saturated rings. The Morgan fingerprint density at radius 2 is 2.50 bits per heavy atom. The SMILES string of the molecule is C=CCC(O)C(=O)/C=C/c1ccco1. The van der Waals surface area contributed by atoms with Crippen LogP contribution in [0.3, 0.4) is 0 Å². The lowest BCUT2D eigenvalue weighted by atomic mass is 10.1. The van der Waals surface area contributed by atoms with Gasteiger partial charge in [0.25, 0.3) is 0 Å². The highest BCUT2D eigenvalue weighted by Crippen LogP contribution is 2.03. The molecule has 3 nitrogen and oxygen atoms in total. The maximum absolute atomic E-state index is 11.2. The maximum atomic E-state index is 11.2. The van der Waals surface area contributed by atoms with Gasteiger partial charge in [-0.3, -0.25) is 4.79 Å². The van der Waals surface area contributed by atoms with Crippen molar-refractivity contribution in [3.8, 4) is 0 Å². The van der Waals surface area contributed by atoms with E-state index in [0.717, 1.165) is 0 Å². The first-order valence-electron chi connectivity index (χ1n) is 4.28. The summed E-state index contributed by atoms with van der Waals surface area (Å²) in [5.74, 6) is 0.241. The Bertz CT molecular complexity index is 322. The quantitative estimate of drug-likeness (QED) is 0.571. The number of carbonyl (C=O) groups is 1. The van der Waals surface area contributed by atoms with Gasteiger partial charge in [0, 0.05) is 0 Å². The van der Waals surface area contributed by atoms with E-state index in [4.69, 9.17) is 4.42 Å². The summed E-state index contributed by atoms with van der Waals surface area (Å²) in [6, 6.07) is 3.45. The molecule has 1 heterocycles. The monoisotopic (exact) mass is 192 g/mol. The van der Waals surface area contributed by atoms with Crippen molar-refractivity contribution in [1.82, 2.24) is 0 Å². The Labute approximate surface area is 82.4 Å². The van der Waals surface area contributed by atoms with E-state index < -0.39 is 6.10 Å². The van der Waals surface area contributed by atoms with Gasteiger partial charge >= 0.3 is 0 Å². The molecule has 0 saturated heterocycles. The molecule has 74 valence electrons. The number of rotatable bonds is 5. The zero-order valence-corrected chi connectivity index (χ0v) is 7.72. The van der Waals surface area contributed by atoms with Crippen molar-refractivity contribution in [3.05, 3.63) is 42.9 Å². The smallest absolute Gasteiger partial charge is 0.184 e. The fourth-order valence-corrected chi connectivity index (χ4v) is 0.935. The van der Waals surface area contributed by atoms with E-state index in [2.05, 4.69) is 6.58 Å². The average molecular weight is 192 g/mol. The molecular formula is C11H12O3. The van der Waals surface area contributed by atoms with Crippen LogP contribution in [-0.2, 0) is 4.79 Å². The molecule has 0 aromatic carbocycles. The molecule has 0 radical (unpaired) electrons. The van der Waals surface area contributed by atoms with Gasteiger partial charge in [-0.25, -0.2) is 0 Å². The Kier molecular flexibility index (Phi) is 3.88. The minimum Gasteiger partial charge on any atom is -0.465 e. The van der Waals surface area contributed by atoms with E-state index in [-0.39, 0.29) is 12.2 Å². The van der Waals surface area contributed by atoms with Gasteiger partial charge in [0.2, 0.25) is 0 Å². The second-order valence-electron chi connectivity index (χ2n) is 2.79. The van der Waals surface area contributed by atoms with Gasteiger partial charge in [0.15, 0.2) is 5.78 Å². The normalized spacial score (nSPS) is 12.9. The van der Waals surface area contributed by atoms with E-state index in [1.54, 1.807) is 12.1 Å². The van der Waals surface area contributed by atoms with Crippen LogP contribution in [-0.4, -0.2) is 17.0 Å². The van der Waals surface area contributed by atoms with Crippen molar-refractivity contribution >= 4 is 11.9 Å². The standard InChI is InChI=1S/C11H12O3/c1-2-4-10(12)11(13)7-6-9-5-3-8-14-9/h2-3,5-8,10,12H,1,4H2/b7-6+. The fourth-order valence-electron chi connectivity index (χ4n) is 0.935. The van der Waals surface area contributed by atoms with Crippen LogP contribution in [0, 0.1) is 0 Å². The summed E-state index contributed by atoms with van der Waals surface area (Å²) in [6.07, 6.45) is 5.11. The summed E-state index contributed by atoms with van der Waals surface area (Å²) >= 11 is 0. The van der Waals surface area contributed by atoms with Crippen molar-refractivity contribution in [3.63, 3.8) is 0 Å². The number of aliphatic hydroxyl groups excluding tert-OH is 1. The third-order valence-electron chi connectivity index (χ3n) is 1.67. The second-order valence-corrected chi connectivity index (χ2v) is 2.79. The molecule has 0 bridgehead atoms. The number of hydrogen-bond acceptors (Lipinski definition) is 3. The fraction of sp³-hybridized carbons (Fsp3) is 0.182. The maximum Gasteiger partial charge on any atom is 0.184 e. The van der Waals surface area contributed by atoms with Crippen molar-refractivity contribution in [1.29, 1.82) is 0 Å². The lowest BCUT2D eigenvalue weighted by Crippen LogP contribution is -2.16. The predicted octanol–water partition coefficient (Wildman–Crippen LogP) is 1.80. The topological polar surface area (TPSA) is 50.4 Å². The van der Waals surface area contributed by atoms with Gasteiger partial charge in [-0.1, -0.05) is 6.08 Å². The van der Waals surface area contributed by atoms with Crippen LogP contribution in [0.1, 0.15) is 12.2 Å². The number of ketones is 1. The van der Waals surface area contributed by atoms with Crippen molar-refractivity contribution < 1.29 is 14.3 Å². The summed E-state index contributed by atoms with van der Waals surface area (Å²) in [4.78, 5) is 11.2. The van der Waals surface area contributed by atoms with E-state index in [1.165, 1.54) is 24.5 Å². The summed E-state index contributed by atoms with van der Waals surface area (Å²) in [6.45, 7) is 3.44. The molecule has 3 heteroatoms. The van der Waals surface area contributed by atoms with Gasteiger partial charge in [-0.2, -0.15) is 0 Å². The number of hydrogen-bond donors (Lipinski definition) is 1. The lowest BCUT2D eigenvalue weighted by molar-refractivity contribution is -0.122. The first kappa shape index (κ1) is 10.5. The molecule has 0 saturated carbocycles. The van der Waals surface area contributed by atoms with Gasteiger partial charge < -0.3 is 9.52 Å². The molecule has 0 aliphatic rings. The first-order valence-corrected chi connectivity index (χ1v) is 4.28. The Morgan fingerprint density at radius 3 is 3.07 bits per heavy atom. The van der Waals surface area contributed by atoms with E-state index in [9.17, 15) is 9.90 Å². The molecule has 0 aliphatic carbocycles. The van der Waals surface area contributed by atoms with Crippen LogP contribution in [0.2, 0.25) is 0 Å². The van der Waals surface area contributed by atoms with Crippen LogP contribution in [0.5, 0.6) is 0 Å². The summed E-state index contributed by atoms with van der Waals surface area (Å²) in [5.41, 5.74) is 0. The highest BCUT2D eigenvalue weighted by Gasteiger charge is 2.08. The summed E-state index contributed by atoms with van der Waals surface area (Å²) < 4.78 is 4.98. The molecule has 1 unspecified atom stereocenters. The van der Waals surface area contributed by atoms with Gasteiger partial charge in [-0.05, 0) is 30.7 Å². The minimum atomic E-state index is -1.00. The van der Waals surface area contributed by atoms with Crippen molar-refractivity contribution in [2.75, 3.05) is 0 Å². The molecule has 0 spiro atoms. The predicted molar refractivity (Wildman–Crippen MR) is 53.6 cm³/mol. The van der Waals surface area contributed by atoms with E-state index in [1.807, 2.05) is 0 Å². The molecular weight excluding hydrogens is 180 g/mol. The molecule has 0 aliphatic heterocycles. The molecule has 14 heavy (non-hydrogen) atoms. The van der Waals surface area contributed by atoms with Crippen LogP contribution in [0.25, 0.3) is 6.08 Å². The third-order valence-corrected chi connectivity index (χ3v) is 1.67. The minimum absolute atomic E-state index is 0.265. The summed E-state index contributed by atoms with van der Waals surface area (Å²) in [7, 11) is 0. The third kappa shape index (κ3) is 3.03. The van der Waals surface area contributed by atoms with Crippen LogP contribution in [0.4, 0.5) is 0 Å². The van der Waals surface area contributed by atoms with Gasteiger partial charge in [0.05, 0.1) is 6.26 Å². The number of aliphatic hydroxyl groups is 1. The zero-order valence-electron chi connectivity index (χ0n) is 7.72. The van der Waals surface area contributed by atoms with Gasteiger partial charge in [0.1, 0.15) is 11.9 Å². The van der Waals surface area contributed by atoms with Crippen LogP contribution >= 0.6 is 0 Å². The Morgan fingerprint density at radius 1 is 1.71 bits per heavy atom. The van der Waals surface area contributed by atoms with Gasteiger partial charge in [-0.15, -0.1) is 6.58 Å². The number of furan rings is 1. The Hall–Kier alpha value is -1.61. The molecule has 1 aromatic rings. The lowest BCUT2D eigenvalue weighted by Gasteiger charge is -2.00. The molecule has 1 aromatic heterocycles. The van der Waals surface area contributed by atoms with E-state index in [0.29, 0.717) is 5.76 Å². The molecule has 1 atom stereocenters. The zero-order chi connectivity index (χ0) is 10.4. The molecule has 1 rings (SSSR count). The second kappa shape index (κ2) is 5.19. The largest absolute Gasteiger partial charge is 0.465 e. The molecule has 0 amide bonds. The van der Waals surface area contributed by atoms with Crippen molar-refractivity contribution in [2.45, 2.75) is 12.5 Å². The first-order chi connectivity index (χ1) is 6.74. The highest BCUT2D eigenvalue weighted by atomic mass is 16.3. The molecule has 1 N–H and O–H groups in total.